The Labute approximate surface area is 133 Å². The van der Waals surface area contributed by atoms with Gasteiger partial charge in [0.2, 0.25) is 0 Å². The summed E-state index contributed by atoms with van der Waals surface area (Å²) in [5.74, 6) is -0.155. The van der Waals surface area contributed by atoms with Gasteiger partial charge in [-0.1, -0.05) is 25.0 Å². The Morgan fingerprint density at radius 3 is 2.74 bits per heavy atom. The Morgan fingerprint density at radius 2 is 1.91 bits per heavy atom. The molecule has 1 aliphatic carbocycles. The fourth-order valence-electron chi connectivity index (χ4n) is 3.28. The number of para-hydroxylation sites is 1. The summed E-state index contributed by atoms with van der Waals surface area (Å²) in [6.45, 7) is 0. The van der Waals surface area contributed by atoms with E-state index in [-0.39, 0.29) is 17.5 Å². The van der Waals surface area contributed by atoms with Crippen molar-refractivity contribution in [2.75, 3.05) is 0 Å². The van der Waals surface area contributed by atoms with Gasteiger partial charge in [0.1, 0.15) is 0 Å². The number of amides is 1. The predicted molar refractivity (Wildman–Crippen MR) is 88.7 cm³/mol. The maximum atomic E-state index is 12.6. The number of hydrogen-bond acceptors (Lipinski definition) is 3. The lowest BCUT2D eigenvalue weighted by Crippen LogP contribution is -2.33. The summed E-state index contributed by atoms with van der Waals surface area (Å²) in [4.78, 5) is 29.7. The molecule has 2 heterocycles. The number of pyridine rings is 1. The number of nitrogens with one attached hydrogen (secondary N) is 1. The van der Waals surface area contributed by atoms with Gasteiger partial charge in [-0.15, -0.1) is 0 Å². The second kappa shape index (κ2) is 5.50. The van der Waals surface area contributed by atoms with Gasteiger partial charge in [-0.3, -0.25) is 14.0 Å². The minimum Gasteiger partial charge on any atom is -0.349 e. The summed E-state index contributed by atoms with van der Waals surface area (Å²) in [5.41, 5.74) is 1.31. The zero-order chi connectivity index (χ0) is 15.8. The molecule has 4 rings (SSSR count). The van der Waals surface area contributed by atoms with Gasteiger partial charge < -0.3 is 5.32 Å². The molecule has 2 aromatic heterocycles. The van der Waals surface area contributed by atoms with Crippen molar-refractivity contribution in [1.29, 1.82) is 0 Å². The smallest absolute Gasteiger partial charge is 0.265 e. The van der Waals surface area contributed by atoms with Crippen molar-refractivity contribution in [3.05, 3.63) is 58.5 Å². The average molecular weight is 307 g/mol. The van der Waals surface area contributed by atoms with Crippen molar-refractivity contribution in [3.63, 3.8) is 0 Å². The molecule has 0 atom stereocenters. The molecule has 0 bridgehead atoms. The van der Waals surface area contributed by atoms with E-state index in [4.69, 9.17) is 0 Å². The lowest BCUT2D eigenvalue weighted by atomic mass is 10.2. The maximum absolute atomic E-state index is 12.6. The van der Waals surface area contributed by atoms with E-state index in [9.17, 15) is 9.59 Å². The summed E-state index contributed by atoms with van der Waals surface area (Å²) in [5, 5.41) is 3.61. The van der Waals surface area contributed by atoms with Gasteiger partial charge in [-0.25, -0.2) is 4.98 Å². The molecule has 3 aromatic rings. The summed E-state index contributed by atoms with van der Waals surface area (Å²) >= 11 is 0. The van der Waals surface area contributed by atoms with Crippen LogP contribution in [0.2, 0.25) is 0 Å². The molecule has 0 aliphatic heterocycles. The Balaban J connectivity index is 1.86. The van der Waals surface area contributed by atoms with Crippen molar-refractivity contribution < 1.29 is 4.79 Å². The molecule has 1 fully saturated rings. The molecule has 23 heavy (non-hydrogen) atoms. The number of hydrogen-bond donors (Lipinski definition) is 1. The Bertz CT molecular complexity index is 955. The molecule has 0 saturated heterocycles. The summed E-state index contributed by atoms with van der Waals surface area (Å²) in [7, 11) is 0. The molecule has 116 valence electrons. The zero-order valence-corrected chi connectivity index (χ0v) is 12.7. The van der Waals surface area contributed by atoms with Crippen LogP contribution in [0.25, 0.3) is 16.6 Å². The largest absolute Gasteiger partial charge is 0.349 e. The van der Waals surface area contributed by atoms with Gasteiger partial charge in [-0.2, -0.15) is 0 Å². The number of benzene rings is 1. The molecule has 0 spiro atoms. The number of carbonyl (C=O) groups is 1. The van der Waals surface area contributed by atoms with Crippen molar-refractivity contribution in [1.82, 2.24) is 14.7 Å². The quantitative estimate of drug-likeness (QED) is 0.740. The average Bonchev–Trinajstić information content (AvgIpc) is 3.07. The minimum absolute atomic E-state index is 0.152. The van der Waals surface area contributed by atoms with Gasteiger partial charge in [0.05, 0.1) is 16.5 Å². The molecule has 1 aromatic carbocycles. The number of aromatic nitrogens is 2. The topological polar surface area (TPSA) is 63.5 Å². The van der Waals surface area contributed by atoms with E-state index < -0.39 is 0 Å². The van der Waals surface area contributed by atoms with Crippen LogP contribution in [-0.4, -0.2) is 21.3 Å². The highest BCUT2D eigenvalue weighted by molar-refractivity contribution is 6.00. The Morgan fingerprint density at radius 1 is 1.13 bits per heavy atom. The molecular formula is C18H17N3O2. The lowest BCUT2D eigenvalue weighted by molar-refractivity contribution is 0.0939. The summed E-state index contributed by atoms with van der Waals surface area (Å²) in [6.07, 6.45) is 6.01. The standard InChI is InChI=1S/C18H17N3O2/c22-17(19-12-6-1-2-7-12)14-9-5-11-21-16(14)20-15-10-4-3-8-13(15)18(21)23/h3-5,8-12H,1-2,6-7H2,(H,19,22). The molecule has 1 aliphatic rings. The van der Waals surface area contributed by atoms with Crippen LogP contribution in [0.15, 0.2) is 47.4 Å². The first-order valence-electron chi connectivity index (χ1n) is 7.95. The molecule has 1 amide bonds. The maximum Gasteiger partial charge on any atom is 0.265 e. The fourth-order valence-corrected chi connectivity index (χ4v) is 3.28. The summed E-state index contributed by atoms with van der Waals surface area (Å²) in [6, 6.07) is 10.9. The van der Waals surface area contributed by atoms with Crippen molar-refractivity contribution >= 4 is 22.5 Å². The van der Waals surface area contributed by atoms with Crippen molar-refractivity contribution in [2.24, 2.45) is 0 Å². The molecule has 1 saturated carbocycles. The van der Waals surface area contributed by atoms with Gasteiger partial charge in [-0.05, 0) is 37.1 Å². The van der Waals surface area contributed by atoms with E-state index in [1.807, 2.05) is 12.1 Å². The highest BCUT2D eigenvalue weighted by atomic mass is 16.2. The van der Waals surface area contributed by atoms with Crippen LogP contribution in [0.4, 0.5) is 0 Å². The van der Waals surface area contributed by atoms with Crippen LogP contribution in [0.5, 0.6) is 0 Å². The Hall–Kier alpha value is -2.69. The van der Waals surface area contributed by atoms with Crippen LogP contribution in [0.1, 0.15) is 36.0 Å². The molecule has 5 nitrogen and oxygen atoms in total. The molecular weight excluding hydrogens is 290 g/mol. The van der Waals surface area contributed by atoms with E-state index in [0.29, 0.717) is 22.1 Å². The van der Waals surface area contributed by atoms with Crippen LogP contribution in [0, 0.1) is 0 Å². The highest BCUT2D eigenvalue weighted by Crippen LogP contribution is 2.19. The van der Waals surface area contributed by atoms with E-state index >= 15 is 0 Å². The third-order valence-corrected chi connectivity index (χ3v) is 4.48. The summed E-state index contributed by atoms with van der Waals surface area (Å²) < 4.78 is 1.45. The lowest BCUT2D eigenvalue weighted by Gasteiger charge is -2.13. The van der Waals surface area contributed by atoms with Crippen LogP contribution < -0.4 is 10.9 Å². The molecule has 0 radical (unpaired) electrons. The molecule has 1 N–H and O–H groups in total. The van der Waals surface area contributed by atoms with Gasteiger partial charge >= 0.3 is 0 Å². The van der Waals surface area contributed by atoms with Crippen LogP contribution >= 0.6 is 0 Å². The normalized spacial score (nSPS) is 15.3. The third-order valence-electron chi connectivity index (χ3n) is 4.48. The third kappa shape index (κ3) is 2.38. The monoisotopic (exact) mass is 307 g/mol. The number of carbonyl (C=O) groups excluding carboxylic acids is 1. The second-order valence-corrected chi connectivity index (χ2v) is 6.00. The first kappa shape index (κ1) is 13.9. The minimum atomic E-state index is -0.155. The van der Waals surface area contributed by atoms with Crippen LogP contribution in [-0.2, 0) is 0 Å². The number of nitrogens with zero attached hydrogens (tertiary/aromatic N) is 2. The number of rotatable bonds is 2. The van der Waals surface area contributed by atoms with Crippen LogP contribution in [0.3, 0.4) is 0 Å². The van der Waals surface area contributed by atoms with E-state index in [2.05, 4.69) is 10.3 Å². The first-order valence-corrected chi connectivity index (χ1v) is 7.95. The van der Waals surface area contributed by atoms with Gasteiger partial charge in [0.15, 0.2) is 5.65 Å². The van der Waals surface area contributed by atoms with Gasteiger partial charge in [0, 0.05) is 12.2 Å². The zero-order valence-electron chi connectivity index (χ0n) is 12.7. The van der Waals surface area contributed by atoms with Crippen molar-refractivity contribution in [3.8, 4) is 0 Å². The van der Waals surface area contributed by atoms with Crippen molar-refractivity contribution in [2.45, 2.75) is 31.7 Å². The Kier molecular flexibility index (Phi) is 3.33. The SMILES string of the molecule is O=C(NC1CCCC1)c1cccn2c(=O)c3ccccc3nc12. The molecule has 0 unspecified atom stereocenters. The van der Waals surface area contributed by atoms with E-state index in [0.717, 1.165) is 25.7 Å². The number of fused-ring (bicyclic) bond motifs is 2. The fraction of sp³-hybridized carbons (Fsp3) is 0.278. The predicted octanol–water partition coefficient (Wildman–Crippen LogP) is 2.52. The highest BCUT2D eigenvalue weighted by Gasteiger charge is 2.20. The van der Waals surface area contributed by atoms with E-state index in [1.54, 1.807) is 30.5 Å². The van der Waals surface area contributed by atoms with E-state index in [1.165, 1.54) is 4.40 Å². The second-order valence-electron chi connectivity index (χ2n) is 6.00. The van der Waals surface area contributed by atoms with Gasteiger partial charge in [0.25, 0.3) is 11.5 Å². The first-order chi connectivity index (χ1) is 11.2. The molecule has 5 heteroatoms.